The molecule has 0 fully saturated rings. The molecule has 0 N–H and O–H groups in total. The van der Waals surface area contributed by atoms with Gasteiger partial charge in [-0.1, -0.05) is 38.3 Å². The van der Waals surface area contributed by atoms with Crippen molar-refractivity contribution in [2.45, 2.75) is 26.2 Å². The van der Waals surface area contributed by atoms with Crippen LogP contribution in [-0.4, -0.2) is 26.1 Å². The zero-order valence-electron chi connectivity index (χ0n) is 13.1. The third-order valence-corrected chi connectivity index (χ3v) is 12.4. The molecule has 5 heteroatoms. The molecule has 20 heavy (non-hydrogen) atoms. The number of aromatic nitrogens is 2. The molecule has 2 aromatic rings. The summed E-state index contributed by atoms with van der Waals surface area (Å²) in [6, 6.07) is 12.4. The molecule has 2 rings (SSSR count). The summed E-state index contributed by atoms with van der Waals surface area (Å²) in [6.07, 6.45) is 3.79. The molecule has 0 spiro atoms. The second-order valence-corrected chi connectivity index (χ2v) is 15.1. The first kappa shape index (κ1) is 17.4. The first-order valence-corrected chi connectivity index (χ1v) is 12.8. The van der Waals surface area contributed by atoms with Gasteiger partial charge in [0.05, 0.1) is 0 Å². The molecule has 0 aliphatic carbocycles. The molecule has 0 aliphatic rings. The Balaban J connectivity index is 0.00000200. The van der Waals surface area contributed by atoms with E-state index in [1.54, 1.807) is 0 Å². The van der Waals surface area contributed by atoms with Crippen LogP contribution in [0, 0.1) is 5.67 Å². The van der Waals surface area contributed by atoms with Crippen molar-refractivity contribution >= 4 is 26.8 Å². The molecular formula is C15H21LiN2Si2. The van der Waals surface area contributed by atoms with Gasteiger partial charge in [0.2, 0.25) is 0 Å². The van der Waals surface area contributed by atoms with E-state index >= 15 is 0 Å². The SMILES string of the molecule is C[Si](C)([CH-][Si](C)(C)c1ccccn1)c1ccccn1.[Li+]. The maximum absolute atomic E-state index is 4.56. The van der Waals surface area contributed by atoms with E-state index in [-0.39, 0.29) is 18.9 Å². The zero-order chi connectivity index (χ0) is 13.9. The van der Waals surface area contributed by atoms with Crippen molar-refractivity contribution in [3.63, 3.8) is 0 Å². The summed E-state index contributed by atoms with van der Waals surface area (Å²) >= 11 is 0. The fourth-order valence-electron chi connectivity index (χ4n) is 2.54. The number of pyridine rings is 2. The molecule has 100 valence electrons. The number of hydrogen-bond acceptors (Lipinski definition) is 2. The minimum Gasteiger partial charge on any atom is -0.315 e. The van der Waals surface area contributed by atoms with Crippen LogP contribution in [0.5, 0.6) is 0 Å². The third-order valence-electron chi connectivity index (χ3n) is 3.37. The molecule has 0 saturated carbocycles. The van der Waals surface area contributed by atoms with Crippen LogP contribution in [0.15, 0.2) is 48.8 Å². The van der Waals surface area contributed by atoms with Gasteiger partial charge in [0.15, 0.2) is 0 Å². The minimum atomic E-state index is -1.61. The van der Waals surface area contributed by atoms with Crippen LogP contribution in [-0.2, 0) is 0 Å². The van der Waals surface area contributed by atoms with Crippen molar-refractivity contribution in [2.24, 2.45) is 0 Å². The summed E-state index contributed by atoms with van der Waals surface area (Å²) in [5, 5.41) is 2.51. The fourth-order valence-corrected chi connectivity index (χ4v) is 12.8. The van der Waals surface area contributed by atoms with E-state index in [0.29, 0.717) is 0 Å². The Hall–Kier alpha value is -0.669. The average Bonchev–Trinajstić information content (AvgIpc) is 2.40. The second kappa shape index (κ2) is 6.86. The molecule has 0 saturated heterocycles. The minimum absolute atomic E-state index is 0. The van der Waals surface area contributed by atoms with Crippen LogP contribution in [0.1, 0.15) is 0 Å². The Morgan fingerprint density at radius 3 is 1.45 bits per heavy atom. The smallest absolute Gasteiger partial charge is 0.315 e. The average molecular weight is 292 g/mol. The molecule has 0 unspecified atom stereocenters. The monoisotopic (exact) mass is 292 g/mol. The van der Waals surface area contributed by atoms with Gasteiger partial charge >= 0.3 is 18.9 Å². The van der Waals surface area contributed by atoms with Crippen molar-refractivity contribution in [1.82, 2.24) is 9.97 Å². The largest absolute Gasteiger partial charge is 1.00 e. The quantitative estimate of drug-likeness (QED) is 0.550. The normalized spacial score (nSPS) is 11.8. The molecule has 2 heterocycles. The van der Waals surface area contributed by atoms with E-state index in [2.05, 4.69) is 66.1 Å². The van der Waals surface area contributed by atoms with Gasteiger partial charge in [0.1, 0.15) is 0 Å². The molecular weight excluding hydrogens is 271 g/mol. The summed E-state index contributed by atoms with van der Waals surface area (Å²) in [6.45, 7) is 9.47. The van der Waals surface area contributed by atoms with E-state index in [9.17, 15) is 0 Å². The van der Waals surface area contributed by atoms with Crippen molar-refractivity contribution in [3.8, 4) is 0 Å². The van der Waals surface area contributed by atoms with Gasteiger partial charge < -0.3 is 5.67 Å². The van der Waals surface area contributed by atoms with Crippen molar-refractivity contribution in [1.29, 1.82) is 0 Å². The summed E-state index contributed by atoms with van der Waals surface area (Å²) in [7, 11) is -3.22. The van der Waals surface area contributed by atoms with E-state index in [1.165, 1.54) is 10.6 Å². The van der Waals surface area contributed by atoms with Crippen molar-refractivity contribution < 1.29 is 18.9 Å². The Bertz CT molecular complexity index is 481. The van der Waals surface area contributed by atoms with Crippen LogP contribution < -0.4 is 29.5 Å². The summed E-state index contributed by atoms with van der Waals surface area (Å²) in [5.74, 6) is 0. The third kappa shape index (κ3) is 4.16. The molecule has 0 radical (unpaired) electrons. The van der Waals surface area contributed by atoms with Gasteiger partial charge in [-0.2, -0.15) is 0 Å². The predicted molar refractivity (Wildman–Crippen MR) is 87.0 cm³/mol. The topological polar surface area (TPSA) is 25.8 Å². The second-order valence-electron chi connectivity index (χ2n) is 6.02. The molecule has 0 amide bonds. The van der Waals surface area contributed by atoms with Crippen LogP contribution in [0.3, 0.4) is 0 Å². The molecule has 0 atom stereocenters. The van der Waals surface area contributed by atoms with Gasteiger partial charge in [0, 0.05) is 12.4 Å². The van der Waals surface area contributed by atoms with E-state index in [1.807, 2.05) is 24.5 Å². The van der Waals surface area contributed by atoms with Crippen LogP contribution in [0.25, 0.3) is 0 Å². The Morgan fingerprint density at radius 1 is 0.750 bits per heavy atom. The fraction of sp³-hybridized carbons (Fsp3) is 0.267. The first-order valence-electron chi connectivity index (χ1n) is 6.62. The summed E-state index contributed by atoms with van der Waals surface area (Å²) in [4.78, 5) is 9.12. The molecule has 0 aromatic carbocycles. The summed E-state index contributed by atoms with van der Waals surface area (Å²) in [5.41, 5.74) is 2.60. The van der Waals surface area contributed by atoms with Crippen LogP contribution in [0.4, 0.5) is 0 Å². The molecule has 2 aromatic heterocycles. The number of rotatable bonds is 4. The predicted octanol–water partition coefficient (Wildman–Crippen LogP) is -0.706. The molecule has 2 nitrogen and oxygen atoms in total. The van der Waals surface area contributed by atoms with Gasteiger partial charge in [-0.25, -0.2) is 0 Å². The van der Waals surface area contributed by atoms with Crippen molar-refractivity contribution in [3.05, 3.63) is 54.5 Å². The maximum atomic E-state index is 4.56. The Labute approximate surface area is 136 Å². The Kier molecular flexibility index (Phi) is 5.96. The van der Waals surface area contributed by atoms with Crippen LogP contribution >= 0.6 is 0 Å². The standard InChI is InChI=1S/C15H21N2Si2.Li/c1-18(2,14-9-5-7-11-16-14)13-19(3,4)15-10-6-8-12-17-15;/h5-13H,1-4H3;/q-1;+1. The molecule has 0 aliphatic heterocycles. The van der Waals surface area contributed by atoms with Gasteiger partial charge in [-0.15, -0.1) is 0 Å². The van der Waals surface area contributed by atoms with Gasteiger partial charge in [0.25, 0.3) is 0 Å². The number of hydrogen-bond donors (Lipinski definition) is 0. The molecule has 0 bridgehead atoms. The first-order chi connectivity index (χ1) is 8.92. The van der Waals surface area contributed by atoms with E-state index in [4.69, 9.17) is 0 Å². The number of nitrogens with zero attached hydrogens (tertiary/aromatic N) is 2. The van der Waals surface area contributed by atoms with Crippen LogP contribution in [0.2, 0.25) is 26.2 Å². The summed E-state index contributed by atoms with van der Waals surface area (Å²) < 4.78 is 0. The van der Waals surface area contributed by atoms with Crippen molar-refractivity contribution in [2.75, 3.05) is 0 Å². The van der Waals surface area contributed by atoms with Gasteiger partial charge in [-0.3, -0.25) is 9.97 Å². The zero-order valence-corrected chi connectivity index (χ0v) is 15.1. The maximum Gasteiger partial charge on any atom is 1.00 e. The van der Waals surface area contributed by atoms with Gasteiger partial charge in [-0.05, 0) is 51.0 Å². The van der Waals surface area contributed by atoms with E-state index in [0.717, 1.165) is 0 Å². The van der Waals surface area contributed by atoms with E-state index < -0.39 is 16.1 Å². The Morgan fingerprint density at radius 2 is 1.15 bits per heavy atom.